The van der Waals surface area contributed by atoms with E-state index in [0.717, 1.165) is 12.7 Å². The van der Waals surface area contributed by atoms with Gasteiger partial charge in [-0.3, -0.25) is 0 Å². The molecule has 44 heavy (non-hydrogen) atoms. The minimum absolute atomic E-state index is 0. The van der Waals surface area contributed by atoms with Crippen molar-refractivity contribution in [1.29, 1.82) is 0 Å². The summed E-state index contributed by atoms with van der Waals surface area (Å²) < 4.78 is 43.5. The summed E-state index contributed by atoms with van der Waals surface area (Å²) in [5.41, 5.74) is -0.0847. The van der Waals surface area contributed by atoms with Crippen molar-refractivity contribution in [3.05, 3.63) is 35.9 Å². The number of hydrogen-bond acceptors (Lipinski definition) is 7. The smallest absolute Gasteiger partial charge is 0.410 e. The molecule has 1 aromatic rings. The summed E-state index contributed by atoms with van der Waals surface area (Å²) >= 11 is 0. The van der Waals surface area contributed by atoms with Crippen LogP contribution in [0.3, 0.4) is 0 Å². The summed E-state index contributed by atoms with van der Waals surface area (Å²) in [7, 11) is 1.00. The Kier molecular flexibility index (Phi) is 23.8. The number of rotatable bonds is 3. The molecule has 1 aromatic carbocycles. The van der Waals surface area contributed by atoms with Crippen molar-refractivity contribution in [3.8, 4) is 0 Å². The third kappa shape index (κ3) is 20.2. The topological polar surface area (TPSA) is 172 Å². The first-order valence-corrected chi connectivity index (χ1v) is 14.1. The van der Waals surface area contributed by atoms with E-state index in [-0.39, 0.29) is 56.9 Å². The van der Waals surface area contributed by atoms with E-state index in [1.165, 1.54) is 4.90 Å². The second kappa shape index (κ2) is 22.6. The molecule has 0 saturated carbocycles. The molecule has 4 unspecified atom stereocenters. The monoisotopic (exact) mass is 730 g/mol. The first kappa shape index (κ1) is 46.5. The third-order valence-electron chi connectivity index (χ3n) is 5.96. The number of alkyl halides is 2. The Balaban J connectivity index is -0.000000713. The standard InChI is InChI=1S/C18H26FNO3.C11H20FNO3.CH4O.2H2O.Pd/c1-18(2,3)23-17(21)20-10-9-15(19)11-16(12-20)22-13-14-7-5-4-6-8-14;1-11(2,3)16-10(15)13-5-4-8(12)6-9(14)7-13;1-2;;;/h4-8,15-16H,9-13H2,1-3H3;8-9,14H,4-7H2,1-3H3;2H,1H3;2*1H2;. The fraction of sp³-hybridized carbons (Fsp3) is 0.733. The maximum Gasteiger partial charge on any atom is 0.410 e. The summed E-state index contributed by atoms with van der Waals surface area (Å²) in [5.74, 6) is 0. The van der Waals surface area contributed by atoms with Gasteiger partial charge >= 0.3 is 12.2 Å². The summed E-state index contributed by atoms with van der Waals surface area (Å²) in [4.78, 5) is 26.8. The predicted octanol–water partition coefficient (Wildman–Crippen LogP) is 3.61. The first-order valence-electron chi connectivity index (χ1n) is 14.1. The van der Waals surface area contributed by atoms with Gasteiger partial charge in [0.2, 0.25) is 0 Å². The average Bonchev–Trinajstić information content (AvgIpc) is 3.17. The molecule has 0 aliphatic carbocycles. The molecule has 2 heterocycles. The normalized spacial score (nSPS) is 21.9. The molecule has 0 radical (unpaired) electrons. The van der Waals surface area contributed by atoms with Crippen LogP contribution in [0, 0.1) is 0 Å². The van der Waals surface area contributed by atoms with Gasteiger partial charge in [-0.2, -0.15) is 0 Å². The van der Waals surface area contributed by atoms with Crippen molar-refractivity contribution in [2.24, 2.45) is 0 Å². The van der Waals surface area contributed by atoms with Crippen molar-refractivity contribution < 1.29 is 74.2 Å². The van der Waals surface area contributed by atoms with Crippen LogP contribution in [0.5, 0.6) is 0 Å². The predicted molar refractivity (Wildman–Crippen MR) is 160 cm³/mol. The molecule has 2 saturated heterocycles. The van der Waals surface area contributed by atoms with Crippen LogP contribution in [0.1, 0.15) is 72.8 Å². The Bertz CT molecular complexity index is 905. The van der Waals surface area contributed by atoms with Gasteiger partial charge in [0, 0.05) is 53.5 Å². The fourth-order valence-electron chi connectivity index (χ4n) is 4.13. The van der Waals surface area contributed by atoms with Crippen LogP contribution in [0.4, 0.5) is 18.4 Å². The van der Waals surface area contributed by atoms with Crippen molar-refractivity contribution in [1.82, 2.24) is 9.80 Å². The Hall–Kier alpha value is -1.92. The number of amides is 2. The van der Waals surface area contributed by atoms with Crippen LogP contribution in [-0.4, -0.2) is 112 Å². The molecule has 6 N–H and O–H groups in total. The van der Waals surface area contributed by atoms with Crippen LogP contribution in [0.2, 0.25) is 0 Å². The zero-order chi connectivity index (χ0) is 31.2. The van der Waals surface area contributed by atoms with E-state index >= 15 is 0 Å². The Morgan fingerprint density at radius 1 is 0.818 bits per heavy atom. The molecule has 14 heteroatoms. The molecule has 2 amide bonds. The van der Waals surface area contributed by atoms with E-state index in [1.807, 2.05) is 51.1 Å². The minimum Gasteiger partial charge on any atom is -0.444 e. The molecule has 0 spiro atoms. The molecular formula is C30H54F2N2O9Pd. The molecule has 2 fully saturated rings. The van der Waals surface area contributed by atoms with E-state index < -0.39 is 41.8 Å². The zero-order valence-corrected chi connectivity index (χ0v) is 28.5. The number of hydrogen-bond donors (Lipinski definition) is 2. The van der Waals surface area contributed by atoms with Gasteiger partial charge < -0.3 is 45.2 Å². The Morgan fingerprint density at radius 3 is 1.70 bits per heavy atom. The van der Waals surface area contributed by atoms with Gasteiger partial charge in [0.25, 0.3) is 0 Å². The summed E-state index contributed by atoms with van der Waals surface area (Å²) in [5, 5.41) is 16.5. The van der Waals surface area contributed by atoms with Crippen LogP contribution < -0.4 is 0 Å². The van der Waals surface area contributed by atoms with Crippen LogP contribution in [-0.2, 0) is 41.2 Å². The SMILES string of the molecule is CC(C)(C)OC(=O)N1CCC(F)CC(O)C1.CC(C)(C)OC(=O)N1CCC(F)CC(OCc2ccccc2)C1.CO.O.O.[Pd]. The zero-order valence-electron chi connectivity index (χ0n) is 27.0. The van der Waals surface area contributed by atoms with Crippen molar-refractivity contribution in [3.63, 3.8) is 0 Å². The molecule has 4 atom stereocenters. The summed E-state index contributed by atoms with van der Waals surface area (Å²) in [6.07, 6.45) is -3.01. The van der Waals surface area contributed by atoms with Crippen molar-refractivity contribution in [2.45, 2.75) is 110 Å². The van der Waals surface area contributed by atoms with E-state index in [9.17, 15) is 23.5 Å². The number of likely N-dealkylation sites (tertiary alicyclic amines) is 2. The summed E-state index contributed by atoms with van der Waals surface area (Å²) in [6, 6.07) is 9.76. The molecule has 3 rings (SSSR count). The minimum atomic E-state index is -1.04. The molecule has 11 nitrogen and oxygen atoms in total. The van der Waals surface area contributed by atoms with Gasteiger partial charge in [-0.15, -0.1) is 0 Å². The van der Waals surface area contributed by atoms with E-state index in [2.05, 4.69) is 0 Å². The van der Waals surface area contributed by atoms with E-state index in [1.54, 1.807) is 25.7 Å². The number of benzene rings is 1. The number of nitrogens with zero attached hydrogens (tertiary/aromatic N) is 2. The van der Waals surface area contributed by atoms with Gasteiger partial charge in [0.1, 0.15) is 23.5 Å². The molecule has 0 bridgehead atoms. The van der Waals surface area contributed by atoms with Crippen molar-refractivity contribution >= 4 is 12.2 Å². The van der Waals surface area contributed by atoms with Gasteiger partial charge in [0.15, 0.2) is 0 Å². The molecule has 0 aromatic heterocycles. The van der Waals surface area contributed by atoms with Gasteiger partial charge in [0.05, 0.1) is 31.9 Å². The second-order valence-corrected chi connectivity index (χ2v) is 12.2. The Morgan fingerprint density at radius 2 is 1.25 bits per heavy atom. The maximum absolute atomic E-state index is 13.9. The molecule has 2 aliphatic heterocycles. The molecular weight excluding hydrogens is 677 g/mol. The number of aliphatic hydroxyl groups is 2. The number of ether oxygens (including phenoxy) is 3. The third-order valence-corrected chi connectivity index (χ3v) is 5.96. The van der Waals surface area contributed by atoms with E-state index in [4.69, 9.17) is 19.3 Å². The van der Waals surface area contributed by atoms with Crippen molar-refractivity contribution in [2.75, 3.05) is 33.3 Å². The number of carbonyl (C=O) groups excluding carboxylic acids is 2. The van der Waals surface area contributed by atoms with Crippen LogP contribution in [0.25, 0.3) is 0 Å². The van der Waals surface area contributed by atoms with Gasteiger partial charge in [-0.05, 0) is 59.9 Å². The Labute approximate surface area is 274 Å². The molecule has 262 valence electrons. The quantitative estimate of drug-likeness (QED) is 0.448. The summed E-state index contributed by atoms with van der Waals surface area (Å²) in [6.45, 7) is 12.4. The molecule has 2 aliphatic rings. The average molecular weight is 731 g/mol. The second-order valence-electron chi connectivity index (χ2n) is 12.2. The van der Waals surface area contributed by atoms with Gasteiger partial charge in [-0.25, -0.2) is 18.4 Å². The van der Waals surface area contributed by atoms with Crippen LogP contribution >= 0.6 is 0 Å². The number of halogens is 2. The number of carbonyl (C=O) groups is 2. The maximum atomic E-state index is 13.9. The number of aliphatic hydroxyl groups excluding tert-OH is 2. The largest absolute Gasteiger partial charge is 0.444 e. The van der Waals surface area contributed by atoms with E-state index in [0.29, 0.717) is 39.1 Å². The van der Waals surface area contributed by atoms with Crippen LogP contribution in [0.15, 0.2) is 30.3 Å². The van der Waals surface area contributed by atoms with Gasteiger partial charge in [-0.1, -0.05) is 30.3 Å². The number of β-amino-alcohol motifs (C(OH)–C–C–N with tert-alkyl or cyclic N) is 1. The first-order chi connectivity index (χ1) is 19.1. The fourth-order valence-corrected chi connectivity index (χ4v) is 4.13.